The first-order valence-electron chi connectivity index (χ1n) is 10.8. The van der Waals surface area contributed by atoms with Crippen molar-refractivity contribution in [3.8, 4) is 11.4 Å². The molecule has 2 heterocycles. The molecule has 3 N–H and O–H groups in total. The number of allylic oxidation sites excluding steroid dienone is 2. The summed E-state index contributed by atoms with van der Waals surface area (Å²) in [7, 11) is 0. The van der Waals surface area contributed by atoms with E-state index in [2.05, 4.69) is 50.9 Å². The van der Waals surface area contributed by atoms with Gasteiger partial charge in [0.2, 0.25) is 5.16 Å². The molecule has 1 aliphatic rings. The number of amides is 1. The van der Waals surface area contributed by atoms with Gasteiger partial charge in [0.25, 0.3) is 5.91 Å². The third kappa shape index (κ3) is 5.25. The van der Waals surface area contributed by atoms with E-state index in [1.807, 2.05) is 30.3 Å². The third-order valence-corrected chi connectivity index (χ3v) is 6.23. The Kier molecular flexibility index (Phi) is 6.32. The Morgan fingerprint density at radius 3 is 2.80 bits per heavy atom. The van der Waals surface area contributed by atoms with Crippen molar-refractivity contribution in [2.75, 3.05) is 11.1 Å². The molecule has 0 saturated carbocycles. The van der Waals surface area contributed by atoms with Gasteiger partial charge < -0.3 is 14.8 Å². The lowest BCUT2D eigenvalue weighted by Gasteiger charge is -2.13. The third-order valence-electron chi connectivity index (χ3n) is 5.39. The van der Waals surface area contributed by atoms with Crippen LogP contribution in [0.25, 0.3) is 23.5 Å². The first-order chi connectivity index (χ1) is 17.0. The number of nitrogens with one attached hydrogen (secondary N) is 2. The number of H-pyrrole nitrogens is 1. The molecule has 174 valence electrons. The van der Waals surface area contributed by atoms with Gasteiger partial charge in [0.05, 0.1) is 17.6 Å². The van der Waals surface area contributed by atoms with Gasteiger partial charge in [0, 0.05) is 17.2 Å². The summed E-state index contributed by atoms with van der Waals surface area (Å²) in [5.74, 6) is -0.955. The number of aromatic nitrogens is 3. The number of carboxylic acid groups (broad SMARTS) is 1. The van der Waals surface area contributed by atoms with Crippen LogP contribution in [0.3, 0.4) is 0 Å². The van der Waals surface area contributed by atoms with E-state index in [0.29, 0.717) is 27.8 Å². The number of carboxylic acids is 1. The van der Waals surface area contributed by atoms with Crippen LogP contribution < -0.4 is 15.8 Å². The van der Waals surface area contributed by atoms with Crippen molar-refractivity contribution in [1.82, 2.24) is 15.2 Å². The maximum Gasteiger partial charge on any atom is 0.313 e. The molecule has 2 aromatic carbocycles. The summed E-state index contributed by atoms with van der Waals surface area (Å²) in [4.78, 5) is 28.0. The number of rotatable bonds is 7. The van der Waals surface area contributed by atoms with Crippen LogP contribution in [0.4, 0.5) is 5.69 Å². The Balaban J connectivity index is 1.54. The van der Waals surface area contributed by atoms with Gasteiger partial charge in [-0.25, -0.2) is 4.98 Å². The molecule has 0 saturated heterocycles. The number of fused-ring (bicyclic) bond motifs is 1. The number of hydrogen-bond donors (Lipinski definition) is 3. The van der Waals surface area contributed by atoms with Crippen LogP contribution in [0.2, 0.25) is 0 Å². The predicted molar refractivity (Wildman–Crippen MR) is 133 cm³/mol. The molecule has 5 rings (SSSR count). The molecular formula is C26H20N4O4S. The number of carbonyl (C=O) groups excluding carboxylic acids is 1. The van der Waals surface area contributed by atoms with Gasteiger partial charge in [-0.2, -0.15) is 0 Å². The highest BCUT2D eigenvalue weighted by molar-refractivity contribution is 7.99. The van der Waals surface area contributed by atoms with E-state index in [-0.39, 0.29) is 17.6 Å². The number of nitrogens with zero attached hydrogens (tertiary/aromatic N) is 2. The largest absolute Gasteiger partial charge is 0.481 e. The van der Waals surface area contributed by atoms with Gasteiger partial charge in [-0.05, 0) is 40.3 Å². The van der Waals surface area contributed by atoms with Crippen LogP contribution in [-0.2, 0) is 4.79 Å². The Bertz CT molecular complexity index is 1540. The number of carbonyl (C=O) groups is 2. The summed E-state index contributed by atoms with van der Waals surface area (Å²) < 4.78 is 5.03. The van der Waals surface area contributed by atoms with E-state index < -0.39 is 5.97 Å². The molecule has 8 nitrogen and oxygen atoms in total. The van der Waals surface area contributed by atoms with Crippen molar-refractivity contribution in [2.24, 2.45) is 0 Å². The Labute approximate surface area is 204 Å². The predicted octanol–water partition coefficient (Wildman–Crippen LogP) is 3.41. The van der Waals surface area contributed by atoms with Gasteiger partial charge in [-0.1, -0.05) is 60.3 Å². The average Bonchev–Trinajstić information content (AvgIpc) is 3.51. The average molecular weight is 485 g/mol. The van der Waals surface area contributed by atoms with Crippen LogP contribution in [0.1, 0.15) is 21.8 Å². The number of furan rings is 1. The van der Waals surface area contributed by atoms with Crippen LogP contribution in [-0.4, -0.2) is 37.9 Å². The molecule has 1 amide bonds. The number of hydrogen-bond acceptors (Lipinski definition) is 6. The van der Waals surface area contributed by atoms with E-state index in [1.54, 1.807) is 12.1 Å². The fraction of sp³-hybridized carbons (Fsp3) is 0.0769. The zero-order chi connectivity index (χ0) is 24.2. The van der Waals surface area contributed by atoms with Crippen molar-refractivity contribution in [1.29, 1.82) is 0 Å². The summed E-state index contributed by atoms with van der Waals surface area (Å²) in [6.45, 7) is 0. The number of benzene rings is 2. The molecule has 1 unspecified atom stereocenters. The second-order valence-electron chi connectivity index (χ2n) is 7.83. The van der Waals surface area contributed by atoms with Crippen LogP contribution in [0, 0.1) is 0 Å². The smallest absolute Gasteiger partial charge is 0.313 e. The van der Waals surface area contributed by atoms with Gasteiger partial charge in [-0.15, -0.1) is 5.10 Å². The number of aliphatic carboxylic acids is 1. The maximum absolute atomic E-state index is 12.7. The molecule has 4 aromatic rings. The summed E-state index contributed by atoms with van der Waals surface area (Å²) in [6.07, 6.45) is 11.2. The van der Waals surface area contributed by atoms with Gasteiger partial charge >= 0.3 is 5.97 Å². The first kappa shape index (κ1) is 22.4. The van der Waals surface area contributed by atoms with Crippen LogP contribution in [0.5, 0.6) is 0 Å². The molecular weight excluding hydrogens is 464 g/mol. The molecule has 9 heteroatoms. The summed E-state index contributed by atoms with van der Waals surface area (Å²) in [6, 6.07) is 15.5. The van der Waals surface area contributed by atoms with E-state index in [0.717, 1.165) is 27.8 Å². The standard InChI is InChI=1S/C26H20N4O4S/c31-23(32)15-35-26-28-24(29-30-26)21-11-20(12-22(13-21)27-25(33)19-8-9-34-14-19)18-7-3-6-16-4-1-2-5-17(16)10-18/h1-14,18H,15H2,(H,27,33)(H,31,32)(H,28,29,30). The van der Waals surface area contributed by atoms with Crippen molar-refractivity contribution in [3.05, 3.63) is 94.8 Å². The molecule has 0 fully saturated rings. The zero-order valence-corrected chi connectivity index (χ0v) is 19.2. The Morgan fingerprint density at radius 2 is 2.00 bits per heavy atom. The molecule has 1 atom stereocenters. The molecule has 2 aromatic heterocycles. The lowest BCUT2D eigenvalue weighted by molar-refractivity contribution is -0.133. The maximum atomic E-state index is 12.7. The molecule has 0 aliphatic heterocycles. The Morgan fingerprint density at radius 1 is 1.14 bits per heavy atom. The van der Waals surface area contributed by atoms with E-state index >= 15 is 0 Å². The Hall–Kier alpha value is -4.37. The van der Waals surface area contributed by atoms with E-state index in [1.165, 1.54) is 12.5 Å². The van der Waals surface area contributed by atoms with Crippen LogP contribution in [0.15, 0.2) is 82.8 Å². The van der Waals surface area contributed by atoms with Crippen molar-refractivity contribution in [3.63, 3.8) is 0 Å². The van der Waals surface area contributed by atoms with Crippen molar-refractivity contribution < 1.29 is 19.1 Å². The second-order valence-corrected chi connectivity index (χ2v) is 8.77. The van der Waals surface area contributed by atoms with E-state index in [4.69, 9.17) is 9.52 Å². The molecule has 0 radical (unpaired) electrons. The highest BCUT2D eigenvalue weighted by Crippen LogP contribution is 2.30. The molecule has 35 heavy (non-hydrogen) atoms. The normalized spacial score (nSPS) is 14.3. The van der Waals surface area contributed by atoms with Crippen molar-refractivity contribution in [2.45, 2.75) is 11.1 Å². The SMILES string of the molecule is O=C(O)CSc1n[nH]c(-c2cc(NC(=O)c3ccoc3)cc(C3C=CC=c4ccccc4=C3)c2)n1. The number of anilines is 1. The number of thioether (sulfide) groups is 1. The molecule has 0 bridgehead atoms. The quantitative estimate of drug-likeness (QED) is 0.344. The van der Waals surface area contributed by atoms with Gasteiger partial charge in [-0.3, -0.25) is 14.7 Å². The second kappa shape index (κ2) is 9.86. The summed E-state index contributed by atoms with van der Waals surface area (Å²) in [5.41, 5.74) is 2.65. The minimum absolute atomic E-state index is 0.0526. The summed E-state index contributed by atoms with van der Waals surface area (Å²) >= 11 is 1.03. The molecule has 0 spiro atoms. The zero-order valence-electron chi connectivity index (χ0n) is 18.3. The van der Waals surface area contributed by atoms with Gasteiger partial charge in [0.15, 0.2) is 5.82 Å². The minimum atomic E-state index is -0.944. The highest BCUT2D eigenvalue weighted by Gasteiger charge is 2.16. The topological polar surface area (TPSA) is 121 Å². The number of aromatic amines is 1. The minimum Gasteiger partial charge on any atom is -0.481 e. The monoisotopic (exact) mass is 484 g/mol. The molecule has 1 aliphatic carbocycles. The lowest BCUT2D eigenvalue weighted by Crippen LogP contribution is -2.23. The van der Waals surface area contributed by atoms with Crippen molar-refractivity contribution >= 4 is 41.5 Å². The lowest BCUT2D eigenvalue weighted by atomic mass is 9.95. The fourth-order valence-electron chi connectivity index (χ4n) is 3.77. The summed E-state index contributed by atoms with van der Waals surface area (Å²) in [5, 5.41) is 21.4. The van der Waals surface area contributed by atoms with Crippen LogP contribution >= 0.6 is 11.8 Å². The first-order valence-corrected chi connectivity index (χ1v) is 11.7. The highest BCUT2D eigenvalue weighted by atomic mass is 32.2. The van der Waals surface area contributed by atoms with E-state index in [9.17, 15) is 9.59 Å². The van der Waals surface area contributed by atoms with Gasteiger partial charge in [0.1, 0.15) is 6.26 Å². The fourth-order valence-corrected chi connectivity index (χ4v) is 4.28.